The number of hydrogen-bond donors (Lipinski definition) is 0. The fourth-order valence-electron chi connectivity index (χ4n) is 4.48. The summed E-state index contributed by atoms with van der Waals surface area (Å²) in [6.45, 7) is 5.17. The van der Waals surface area contributed by atoms with Gasteiger partial charge in [-0.1, -0.05) is 36.4 Å². The fraction of sp³-hybridized carbons (Fsp3) is 0.200. The lowest BCUT2D eigenvalue weighted by molar-refractivity contribution is 0.534. The molecular formula is C30H28N2O5S2. The molecule has 2 heterocycles. The van der Waals surface area contributed by atoms with Crippen LogP contribution in [0.2, 0.25) is 0 Å². The van der Waals surface area contributed by atoms with Gasteiger partial charge in [-0.05, 0) is 61.4 Å². The number of fused-ring (bicyclic) bond motifs is 1. The third kappa shape index (κ3) is 4.99. The number of aromatic nitrogens is 2. The van der Waals surface area contributed by atoms with Gasteiger partial charge in [0.05, 0.1) is 15.2 Å². The molecule has 0 amide bonds. The van der Waals surface area contributed by atoms with E-state index in [0.29, 0.717) is 22.9 Å². The lowest BCUT2D eigenvalue weighted by Gasteiger charge is -2.24. The van der Waals surface area contributed by atoms with E-state index < -0.39 is 24.4 Å². The summed E-state index contributed by atoms with van der Waals surface area (Å²) in [5.41, 5.74) is 5.17. The van der Waals surface area contributed by atoms with Gasteiger partial charge in [-0.3, -0.25) is 4.98 Å². The number of sulfone groups is 2. The maximum Gasteiger partial charge on any atom is 0.192 e. The number of nitrogens with zero attached hydrogens (tertiary/aromatic N) is 2. The zero-order valence-corrected chi connectivity index (χ0v) is 23.9. The Balaban J connectivity index is 1.67. The van der Waals surface area contributed by atoms with Crippen LogP contribution >= 0.6 is 0 Å². The highest BCUT2D eigenvalue weighted by atomic mass is 32.2. The fourth-order valence-corrected chi connectivity index (χ4v) is 5.66. The number of rotatable bonds is 6. The third-order valence-electron chi connectivity index (χ3n) is 7.05. The van der Waals surface area contributed by atoms with Gasteiger partial charge in [0.25, 0.3) is 0 Å². The molecular weight excluding hydrogens is 532 g/mol. The first-order valence-electron chi connectivity index (χ1n) is 12.2. The van der Waals surface area contributed by atoms with Crippen LogP contribution in [-0.2, 0) is 24.4 Å². The van der Waals surface area contributed by atoms with Crippen molar-refractivity contribution in [3.05, 3.63) is 90.4 Å². The number of benzene rings is 3. The van der Waals surface area contributed by atoms with Crippen LogP contribution in [0.5, 0.6) is 0 Å². The van der Waals surface area contributed by atoms with Gasteiger partial charge in [0.1, 0.15) is 5.69 Å². The zero-order valence-electron chi connectivity index (χ0n) is 22.3. The molecule has 0 aliphatic carbocycles. The van der Waals surface area contributed by atoms with Gasteiger partial charge in [0, 0.05) is 47.7 Å². The Labute approximate surface area is 228 Å². The van der Waals surface area contributed by atoms with E-state index in [4.69, 9.17) is 4.42 Å². The second-order valence-corrected chi connectivity index (χ2v) is 14.8. The Morgan fingerprint density at radius 2 is 1.49 bits per heavy atom. The van der Waals surface area contributed by atoms with Crippen LogP contribution in [0.1, 0.15) is 25.3 Å². The molecule has 5 rings (SSSR count). The molecule has 0 aliphatic heterocycles. The smallest absolute Gasteiger partial charge is 0.192 e. The van der Waals surface area contributed by atoms with Gasteiger partial charge in [0.2, 0.25) is 0 Å². The summed E-state index contributed by atoms with van der Waals surface area (Å²) >= 11 is 0. The first-order chi connectivity index (χ1) is 18.3. The molecule has 0 bridgehead atoms. The minimum Gasteiger partial charge on any atom is -0.440 e. The van der Waals surface area contributed by atoms with Crippen molar-refractivity contribution < 1.29 is 21.3 Å². The average molecular weight is 561 g/mol. The van der Waals surface area contributed by atoms with Crippen LogP contribution in [0.3, 0.4) is 0 Å². The zero-order chi connectivity index (χ0) is 28.2. The third-order valence-corrected chi connectivity index (χ3v) is 10.3. The molecule has 0 atom stereocenters. The molecule has 2 aromatic heterocycles. The second-order valence-electron chi connectivity index (χ2n) is 10.2. The largest absolute Gasteiger partial charge is 0.440 e. The van der Waals surface area contributed by atoms with E-state index in [-0.39, 0.29) is 4.90 Å². The molecule has 0 N–H and O–H groups in total. The summed E-state index contributed by atoms with van der Waals surface area (Å²) in [6, 6.07) is 21.8. The van der Waals surface area contributed by atoms with Gasteiger partial charge < -0.3 is 4.42 Å². The first-order valence-corrected chi connectivity index (χ1v) is 16.0. The van der Waals surface area contributed by atoms with E-state index in [1.807, 2.05) is 48.5 Å². The predicted molar refractivity (Wildman–Crippen MR) is 154 cm³/mol. The highest BCUT2D eigenvalue weighted by Crippen LogP contribution is 2.39. The molecule has 3 aromatic carbocycles. The molecule has 39 heavy (non-hydrogen) atoms. The summed E-state index contributed by atoms with van der Waals surface area (Å²) < 4.78 is 54.1. The van der Waals surface area contributed by atoms with E-state index in [1.165, 1.54) is 12.5 Å². The SMILES string of the molecule is Cc1nc(-c2ccc(S(C)(=O)=O)cc2)c(-c2cccc(-c3cc(C(C)(C)S(C)(=O)=O)cc4cccnc34)c2)o1. The van der Waals surface area contributed by atoms with Crippen LogP contribution in [-0.4, -0.2) is 39.3 Å². The number of pyridine rings is 1. The summed E-state index contributed by atoms with van der Waals surface area (Å²) in [6.07, 6.45) is 4.13. The highest BCUT2D eigenvalue weighted by Gasteiger charge is 2.33. The molecule has 0 fully saturated rings. The van der Waals surface area contributed by atoms with E-state index in [0.717, 1.165) is 33.2 Å². The Morgan fingerprint density at radius 1 is 0.795 bits per heavy atom. The van der Waals surface area contributed by atoms with E-state index in [2.05, 4.69) is 9.97 Å². The standard InChI is InChI=1S/C30H28N2O5S2/c1-19-32-28(20-11-13-25(14-12-20)38(4,33)34)29(37-19)23-9-6-8-21(16-23)26-18-24(30(2,3)39(5,35)36)17-22-10-7-15-31-27(22)26/h6-18H,1-5H3. The Hall–Kier alpha value is -3.82. The van der Waals surface area contributed by atoms with Crippen molar-refractivity contribution in [2.75, 3.05) is 12.5 Å². The summed E-state index contributed by atoms with van der Waals surface area (Å²) in [5.74, 6) is 1.02. The second kappa shape index (κ2) is 9.43. The quantitative estimate of drug-likeness (QED) is 0.243. The molecule has 5 aromatic rings. The van der Waals surface area contributed by atoms with E-state index in [1.54, 1.807) is 51.2 Å². The van der Waals surface area contributed by atoms with Gasteiger partial charge in [-0.2, -0.15) is 0 Å². The molecule has 0 radical (unpaired) electrons. The van der Waals surface area contributed by atoms with Crippen LogP contribution in [0, 0.1) is 6.92 Å². The maximum absolute atomic E-state index is 12.7. The van der Waals surface area contributed by atoms with Crippen molar-refractivity contribution in [1.29, 1.82) is 0 Å². The lowest BCUT2D eigenvalue weighted by atomic mass is 9.92. The monoisotopic (exact) mass is 560 g/mol. The van der Waals surface area contributed by atoms with Crippen molar-refractivity contribution in [2.24, 2.45) is 0 Å². The van der Waals surface area contributed by atoms with E-state index in [9.17, 15) is 16.8 Å². The molecule has 0 saturated carbocycles. The molecule has 0 aliphatic rings. The Kier molecular flexibility index (Phi) is 6.47. The first kappa shape index (κ1) is 26.8. The van der Waals surface area contributed by atoms with Gasteiger partial charge in [-0.15, -0.1) is 0 Å². The van der Waals surface area contributed by atoms with Crippen LogP contribution in [0.4, 0.5) is 0 Å². The number of hydrogen-bond acceptors (Lipinski definition) is 7. The maximum atomic E-state index is 12.7. The topological polar surface area (TPSA) is 107 Å². The Bertz CT molecular complexity index is 1940. The number of oxazole rings is 1. The Morgan fingerprint density at radius 3 is 2.15 bits per heavy atom. The number of aryl methyl sites for hydroxylation is 1. The van der Waals surface area contributed by atoms with Crippen molar-refractivity contribution in [2.45, 2.75) is 30.4 Å². The van der Waals surface area contributed by atoms with Crippen LogP contribution < -0.4 is 0 Å². The van der Waals surface area contributed by atoms with Gasteiger partial charge in [-0.25, -0.2) is 21.8 Å². The normalized spacial score (nSPS) is 12.6. The van der Waals surface area contributed by atoms with Crippen LogP contribution in [0.15, 0.2) is 88.3 Å². The molecule has 7 nitrogen and oxygen atoms in total. The molecule has 0 unspecified atom stereocenters. The van der Waals surface area contributed by atoms with Crippen molar-refractivity contribution in [3.63, 3.8) is 0 Å². The minimum atomic E-state index is -3.40. The molecule has 0 saturated heterocycles. The molecule has 9 heteroatoms. The molecule has 200 valence electrons. The van der Waals surface area contributed by atoms with Crippen molar-refractivity contribution >= 4 is 30.6 Å². The van der Waals surface area contributed by atoms with E-state index >= 15 is 0 Å². The highest BCUT2D eigenvalue weighted by molar-refractivity contribution is 7.91. The predicted octanol–water partition coefficient (Wildman–Crippen LogP) is 6.22. The lowest BCUT2D eigenvalue weighted by Crippen LogP contribution is -2.28. The van der Waals surface area contributed by atoms with Crippen molar-refractivity contribution in [3.8, 4) is 33.7 Å². The minimum absolute atomic E-state index is 0.228. The van der Waals surface area contributed by atoms with Crippen molar-refractivity contribution in [1.82, 2.24) is 9.97 Å². The van der Waals surface area contributed by atoms with Crippen LogP contribution in [0.25, 0.3) is 44.6 Å². The van der Waals surface area contributed by atoms with Gasteiger partial charge >= 0.3 is 0 Å². The summed E-state index contributed by atoms with van der Waals surface area (Å²) in [4.78, 5) is 9.42. The molecule has 0 spiro atoms. The summed E-state index contributed by atoms with van der Waals surface area (Å²) in [7, 11) is -6.73. The van der Waals surface area contributed by atoms with Gasteiger partial charge in [0.15, 0.2) is 31.3 Å². The summed E-state index contributed by atoms with van der Waals surface area (Å²) in [5, 5.41) is 0.842. The average Bonchev–Trinajstić information content (AvgIpc) is 3.28.